The van der Waals surface area contributed by atoms with E-state index < -0.39 is 15.9 Å². The van der Waals surface area contributed by atoms with E-state index in [4.69, 9.17) is 10.00 Å². The highest BCUT2D eigenvalue weighted by Gasteiger charge is 2.18. The van der Waals surface area contributed by atoms with Gasteiger partial charge in [-0.1, -0.05) is 6.07 Å². The van der Waals surface area contributed by atoms with E-state index in [1.54, 1.807) is 37.3 Å². The molecule has 3 rings (SSSR count). The summed E-state index contributed by atoms with van der Waals surface area (Å²) in [6.45, 7) is 2.11. The van der Waals surface area contributed by atoms with Gasteiger partial charge in [0.15, 0.2) is 0 Å². The Balaban J connectivity index is 1.79. The van der Waals surface area contributed by atoms with Gasteiger partial charge in [0.25, 0.3) is 15.9 Å². The number of hydrogen-bond donors (Lipinski definition) is 2. The lowest BCUT2D eigenvalue weighted by Gasteiger charge is -2.11. The van der Waals surface area contributed by atoms with Crippen LogP contribution < -0.4 is 14.8 Å². The quantitative estimate of drug-likeness (QED) is 0.555. The number of methoxy groups -OCH3 is 1. The van der Waals surface area contributed by atoms with Crippen LogP contribution >= 0.6 is 0 Å². The minimum Gasteiger partial charge on any atom is -0.497 e. The summed E-state index contributed by atoms with van der Waals surface area (Å²) in [6, 6.07) is 15.9. The van der Waals surface area contributed by atoms with Crippen molar-refractivity contribution in [2.75, 3.05) is 17.1 Å². The largest absolute Gasteiger partial charge is 0.497 e. The predicted molar refractivity (Wildman–Crippen MR) is 115 cm³/mol. The van der Waals surface area contributed by atoms with E-state index >= 15 is 0 Å². The fourth-order valence-corrected chi connectivity index (χ4v) is 3.94. The van der Waals surface area contributed by atoms with Crippen LogP contribution in [0.1, 0.15) is 22.5 Å². The highest BCUT2D eigenvalue weighted by atomic mass is 32.2. The molecule has 0 bridgehead atoms. The molecule has 0 spiro atoms. The Labute approximate surface area is 180 Å². The fourth-order valence-electron chi connectivity index (χ4n) is 2.84. The van der Waals surface area contributed by atoms with Crippen molar-refractivity contribution in [2.45, 2.75) is 24.8 Å². The molecule has 0 aliphatic carbocycles. The van der Waals surface area contributed by atoms with Gasteiger partial charge in [-0.25, -0.2) is 13.1 Å². The smallest absolute Gasteiger partial charge is 0.261 e. The van der Waals surface area contributed by atoms with Gasteiger partial charge in [0.05, 0.1) is 36.7 Å². The van der Waals surface area contributed by atoms with E-state index in [2.05, 4.69) is 15.1 Å². The average Bonchev–Trinajstić information content (AvgIpc) is 3.11. The van der Waals surface area contributed by atoms with E-state index in [0.29, 0.717) is 29.5 Å². The maximum Gasteiger partial charge on any atom is 0.261 e. The molecule has 3 aromatic rings. The highest BCUT2D eigenvalue weighted by molar-refractivity contribution is 7.92. The molecule has 31 heavy (non-hydrogen) atoms. The average molecular weight is 439 g/mol. The van der Waals surface area contributed by atoms with Crippen LogP contribution in [0.3, 0.4) is 0 Å². The van der Waals surface area contributed by atoms with Crippen LogP contribution in [0.25, 0.3) is 0 Å². The van der Waals surface area contributed by atoms with Gasteiger partial charge in [0, 0.05) is 17.3 Å². The third-order valence-electron chi connectivity index (χ3n) is 4.33. The van der Waals surface area contributed by atoms with Gasteiger partial charge in [-0.15, -0.1) is 0 Å². The number of ether oxygens (including phenoxy) is 1. The summed E-state index contributed by atoms with van der Waals surface area (Å²) in [7, 11) is -2.38. The Morgan fingerprint density at radius 2 is 1.94 bits per heavy atom. The standard InChI is InChI=1S/C21H21N5O4S/c1-15-13-20(26(24-15)12-4-11-22)23-21(27)16-5-3-6-19(14-16)31(28,29)25-17-7-9-18(30-2)10-8-17/h3,5-10,13-14,25H,4,12H2,1-2H3,(H,23,27). The number of anilines is 2. The number of sulfonamides is 1. The van der Waals surface area contributed by atoms with Crippen molar-refractivity contribution < 1.29 is 17.9 Å². The van der Waals surface area contributed by atoms with Gasteiger partial charge >= 0.3 is 0 Å². The Morgan fingerprint density at radius 3 is 2.61 bits per heavy atom. The lowest BCUT2D eigenvalue weighted by Crippen LogP contribution is -2.17. The van der Waals surface area contributed by atoms with Crippen molar-refractivity contribution >= 4 is 27.4 Å². The minimum atomic E-state index is -3.90. The molecule has 0 saturated carbocycles. The third kappa shape index (κ3) is 5.40. The van der Waals surface area contributed by atoms with Crippen molar-refractivity contribution in [2.24, 2.45) is 0 Å². The summed E-state index contributed by atoms with van der Waals surface area (Å²) in [4.78, 5) is 12.7. The fraction of sp³-hybridized carbons (Fsp3) is 0.190. The molecule has 0 unspecified atom stereocenters. The number of hydrogen-bond acceptors (Lipinski definition) is 6. The summed E-state index contributed by atoms with van der Waals surface area (Å²) in [5.41, 5.74) is 1.23. The second-order valence-corrected chi connectivity index (χ2v) is 8.30. The summed E-state index contributed by atoms with van der Waals surface area (Å²) in [6.07, 6.45) is 0.245. The van der Waals surface area contributed by atoms with Gasteiger partial charge in [0.2, 0.25) is 0 Å². The van der Waals surface area contributed by atoms with Gasteiger partial charge in [-0.05, 0) is 49.4 Å². The normalized spacial score (nSPS) is 10.9. The number of aryl methyl sites for hydroxylation is 2. The van der Waals surface area contributed by atoms with Crippen LogP contribution in [0.4, 0.5) is 11.5 Å². The molecule has 0 atom stereocenters. The Kier molecular flexibility index (Phi) is 6.57. The first-order valence-corrected chi connectivity index (χ1v) is 10.8. The van der Waals surface area contributed by atoms with E-state index in [0.717, 1.165) is 0 Å². The molecular formula is C21H21N5O4S. The number of nitrogens with zero attached hydrogens (tertiary/aromatic N) is 3. The second-order valence-electron chi connectivity index (χ2n) is 6.62. The lowest BCUT2D eigenvalue weighted by molar-refractivity contribution is 0.102. The van der Waals surface area contributed by atoms with Gasteiger partial charge in [0.1, 0.15) is 11.6 Å². The Hall–Kier alpha value is -3.84. The molecule has 2 N–H and O–H groups in total. The molecule has 2 aromatic carbocycles. The van der Waals surface area contributed by atoms with Crippen molar-refractivity contribution in [3.8, 4) is 11.8 Å². The number of carbonyl (C=O) groups is 1. The lowest BCUT2D eigenvalue weighted by atomic mass is 10.2. The molecule has 1 aromatic heterocycles. The number of nitrogens with one attached hydrogen (secondary N) is 2. The van der Waals surface area contributed by atoms with Crippen LogP contribution in [0.5, 0.6) is 5.75 Å². The van der Waals surface area contributed by atoms with E-state index in [-0.39, 0.29) is 16.9 Å². The van der Waals surface area contributed by atoms with Gasteiger partial charge < -0.3 is 10.1 Å². The van der Waals surface area contributed by atoms with Crippen molar-refractivity contribution in [3.05, 3.63) is 65.9 Å². The zero-order valence-corrected chi connectivity index (χ0v) is 17.8. The highest BCUT2D eigenvalue weighted by Crippen LogP contribution is 2.20. The van der Waals surface area contributed by atoms with E-state index in [9.17, 15) is 13.2 Å². The van der Waals surface area contributed by atoms with Crippen molar-refractivity contribution in [3.63, 3.8) is 0 Å². The van der Waals surface area contributed by atoms with Gasteiger partial charge in [-0.3, -0.25) is 9.52 Å². The summed E-state index contributed by atoms with van der Waals surface area (Å²) < 4.78 is 34.6. The molecule has 1 amide bonds. The topological polar surface area (TPSA) is 126 Å². The molecule has 0 aliphatic rings. The van der Waals surface area contributed by atoms with Crippen LogP contribution in [0.15, 0.2) is 59.5 Å². The number of amides is 1. The van der Waals surface area contributed by atoms with Crippen LogP contribution in [-0.4, -0.2) is 31.2 Å². The van der Waals surface area contributed by atoms with Crippen LogP contribution in [0, 0.1) is 18.3 Å². The zero-order chi connectivity index (χ0) is 22.4. The molecular weight excluding hydrogens is 418 g/mol. The third-order valence-corrected chi connectivity index (χ3v) is 5.71. The predicted octanol–water partition coefficient (Wildman–Crippen LogP) is 3.17. The monoisotopic (exact) mass is 439 g/mol. The first kappa shape index (κ1) is 21.9. The SMILES string of the molecule is COc1ccc(NS(=O)(=O)c2cccc(C(=O)Nc3cc(C)nn3CCC#N)c2)cc1. The minimum absolute atomic E-state index is 0.0508. The molecule has 0 aliphatic heterocycles. The molecule has 0 fully saturated rings. The maximum absolute atomic E-state index is 12.7. The maximum atomic E-state index is 12.7. The summed E-state index contributed by atoms with van der Waals surface area (Å²) in [5, 5.41) is 15.7. The number of carbonyl (C=O) groups excluding carboxylic acids is 1. The molecule has 160 valence electrons. The van der Waals surface area contributed by atoms with Crippen LogP contribution in [0.2, 0.25) is 0 Å². The van der Waals surface area contributed by atoms with Crippen molar-refractivity contribution in [1.29, 1.82) is 5.26 Å². The summed E-state index contributed by atoms with van der Waals surface area (Å²) in [5.74, 6) is 0.549. The molecule has 10 heteroatoms. The molecule has 9 nitrogen and oxygen atoms in total. The van der Waals surface area contributed by atoms with Crippen molar-refractivity contribution in [1.82, 2.24) is 9.78 Å². The number of nitriles is 1. The Morgan fingerprint density at radius 1 is 1.19 bits per heavy atom. The van der Waals surface area contributed by atoms with E-state index in [1.807, 2.05) is 6.07 Å². The van der Waals surface area contributed by atoms with E-state index in [1.165, 1.54) is 36.1 Å². The summed E-state index contributed by atoms with van der Waals surface area (Å²) >= 11 is 0. The first-order valence-electron chi connectivity index (χ1n) is 9.32. The molecule has 0 radical (unpaired) electrons. The molecule has 0 saturated heterocycles. The Bertz CT molecular complexity index is 1230. The number of rotatable bonds is 8. The zero-order valence-electron chi connectivity index (χ0n) is 17.0. The van der Waals surface area contributed by atoms with Gasteiger partial charge in [-0.2, -0.15) is 10.4 Å². The second kappa shape index (κ2) is 9.32. The molecule has 1 heterocycles. The first-order chi connectivity index (χ1) is 14.8. The number of aromatic nitrogens is 2. The number of benzene rings is 2. The van der Waals surface area contributed by atoms with Crippen LogP contribution in [-0.2, 0) is 16.6 Å².